The van der Waals surface area contributed by atoms with Crippen molar-refractivity contribution in [3.8, 4) is 0 Å². The number of hydrogen-bond acceptors (Lipinski definition) is 7. The van der Waals surface area contributed by atoms with Gasteiger partial charge in [-0.25, -0.2) is 14.6 Å². The molecule has 0 N–H and O–H groups in total. The van der Waals surface area contributed by atoms with E-state index in [0.717, 1.165) is 60.3 Å². The Hall–Kier alpha value is -1.93. The molecule has 26 heavy (non-hydrogen) atoms. The van der Waals surface area contributed by atoms with Crippen molar-refractivity contribution < 1.29 is 0 Å². The summed E-state index contributed by atoms with van der Waals surface area (Å²) in [6.45, 7) is 3.53. The lowest BCUT2D eigenvalue weighted by atomic mass is 9.99. The van der Waals surface area contributed by atoms with Crippen molar-refractivity contribution in [1.29, 1.82) is 0 Å². The second-order valence-electron chi connectivity index (χ2n) is 7.29. The predicted octanol–water partition coefficient (Wildman–Crippen LogP) is 1.02. The maximum absolute atomic E-state index is 12.3. The van der Waals surface area contributed by atoms with Crippen LogP contribution in [0.25, 0.3) is 0 Å². The number of aryl methyl sites for hydroxylation is 1. The third-order valence-electron chi connectivity index (χ3n) is 4.87. The zero-order valence-corrected chi connectivity index (χ0v) is 16.1. The van der Waals surface area contributed by atoms with E-state index in [2.05, 4.69) is 20.0 Å². The zero-order chi connectivity index (χ0) is 18.1. The number of hydrogen-bond donors (Lipinski definition) is 0. The molecule has 0 radical (unpaired) electrons. The molecular weight excluding hydrogens is 348 g/mol. The van der Waals surface area contributed by atoms with Crippen molar-refractivity contribution in [2.75, 3.05) is 37.8 Å². The number of likely N-dealkylation sites (tertiary alicyclic amines) is 1. The van der Waals surface area contributed by atoms with Crippen LogP contribution in [0.1, 0.15) is 16.8 Å². The molecule has 0 aliphatic carbocycles. The number of thioether (sulfide) groups is 1. The van der Waals surface area contributed by atoms with Crippen LogP contribution in [-0.2, 0) is 25.3 Å². The molecule has 0 aromatic carbocycles. The number of nitrogens with zero attached hydrogens (tertiary/aromatic N) is 6. The topological polar surface area (TPSA) is 67.2 Å². The molecule has 8 heteroatoms. The lowest BCUT2D eigenvalue weighted by molar-refractivity contribution is 0.0763. The Morgan fingerprint density at radius 1 is 1.27 bits per heavy atom. The van der Waals surface area contributed by atoms with E-state index >= 15 is 0 Å². The third kappa shape index (κ3) is 3.76. The average Bonchev–Trinajstić information content (AvgIpc) is 2.60. The number of fused-ring (bicyclic) bond motifs is 1. The molecule has 1 fully saturated rings. The van der Waals surface area contributed by atoms with Crippen LogP contribution in [-0.4, -0.2) is 57.6 Å². The highest BCUT2D eigenvalue weighted by Crippen LogP contribution is 2.23. The lowest BCUT2D eigenvalue weighted by Gasteiger charge is -2.39. The smallest absolute Gasteiger partial charge is 0.267 e. The Morgan fingerprint density at radius 3 is 2.77 bits per heavy atom. The largest absolute Gasteiger partial charge is 0.347 e. The van der Waals surface area contributed by atoms with Crippen molar-refractivity contribution >= 4 is 17.7 Å². The van der Waals surface area contributed by atoms with E-state index in [1.165, 1.54) is 0 Å². The molecule has 0 bridgehead atoms. The predicted molar refractivity (Wildman–Crippen MR) is 103 cm³/mol. The number of anilines is 1. The van der Waals surface area contributed by atoms with Crippen molar-refractivity contribution in [1.82, 2.24) is 24.6 Å². The molecule has 138 valence electrons. The highest BCUT2D eigenvalue weighted by atomic mass is 32.2. The Kier molecular flexibility index (Phi) is 4.95. The van der Waals surface area contributed by atoms with Gasteiger partial charge in [0, 0.05) is 75.8 Å². The van der Waals surface area contributed by atoms with E-state index in [4.69, 9.17) is 0 Å². The minimum absolute atomic E-state index is 0.0392. The summed E-state index contributed by atoms with van der Waals surface area (Å²) >= 11 is 1.88. The highest BCUT2D eigenvalue weighted by molar-refractivity contribution is 7.98. The summed E-state index contributed by atoms with van der Waals surface area (Å²) in [7, 11) is 3.87. The minimum atomic E-state index is 0.0392. The van der Waals surface area contributed by atoms with Crippen LogP contribution in [0, 0.1) is 5.92 Å². The Labute approximate surface area is 157 Å². The summed E-state index contributed by atoms with van der Waals surface area (Å²) in [6.07, 6.45) is 4.76. The fraction of sp³-hybridized carbons (Fsp3) is 0.556. The van der Waals surface area contributed by atoms with Crippen molar-refractivity contribution in [3.63, 3.8) is 0 Å². The van der Waals surface area contributed by atoms with Crippen LogP contribution in [0.5, 0.6) is 0 Å². The van der Waals surface area contributed by atoms with Gasteiger partial charge in [0.1, 0.15) is 0 Å². The maximum atomic E-state index is 12.3. The first-order chi connectivity index (χ1) is 12.6. The molecule has 0 spiro atoms. The van der Waals surface area contributed by atoms with Crippen LogP contribution in [0.2, 0.25) is 0 Å². The van der Waals surface area contributed by atoms with Crippen molar-refractivity contribution in [3.05, 3.63) is 45.6 Å². The molecule has 0 atom stereocenters. The van der Waals surface area contributed by atoms with Gasteiger partial charge in [0.15, 0.2) is 0 Å². The van der Waals surface area contributed by atoms with Crippen LogP contribution in [0.4, 0.5) is 5.95 Å². The van der Waals surface area contributed by atoms with Gasteiger partial charge in [-0.2, -0.15) is 16.9 Å². The van der Waals surface area contributed by atoms with E-state index in [1.54, 1.807) is 10.7 Å². The Morgan fingerprint density at radius 2 is 2.04 bits per heavy atom. The van der Waals surface area contributed by atoms with E-state index in [1.807, 2.05) is 43.2 Å². The van der Waals surface area contributed by atoms with Gasteiger partial charge in [-0.3, -0.25) is 9.69 Å². The van der Waals surface area contributed by atoms with E-state index in [0.29, 0.717) is 12.5 Å². The molecule has 2 aromatic rings. The SMILES string of the molecule is CN(C)c1ncc(CN2CC(Cn3nc4c(cc3=O)CSCC4)C2)cn1. The quantitative estimate of drug-likeness (QED) is 0.776. The molecule has 2 aliphatic heterocycles. The molecule has 0 amide bonds. The van der Waals surface area contributed by atoms with Gasteiger partial charge in [0.2, 0.25) is 5.95 Å². The molecule has 4 rings (SSSR count). The highest BCUT2D eigenvalue weighted by Gasteiger charge is 2.28. The average molecular weight is 372 g/mol. The van der Waals surface area contributed by atoms with E-state index < -0.39 is 0 Å². The van der Waals surface area contributed by atoms with Gasteiger partial charge >= 0.3 is 0 Å². The first kappa shape index (κ1) is 17.5. The lowest BCUT2D eigenvalue weighted by Crippen LogP contribution is -2.49. The Bertz CT molecular complexity index is 829. The fourth-order valence-electron chi connectivity index (χ4n) is 3.47. The second-order valence-corrected chi connectivity index (χ2v) is 8.39. The van der Waals surface area contributed by atoms with Gasteiger partial charge < -0.3 is 4.90 Å². The van der Waals surface area contributed by atoms with Gasteiger partial charge in [0.05, 0.1) is 12.2 Å². The number of rotatable bonds is 5. The summed E-state index contributed by atoms with van der Waals surface area (Å²) in [5, 5.41) is 4.62. The van der Waals surface area contributed by atoms with E-state index in [9.17, 15) is 4.79 Å². The first-order valence-corrected chi connectivity index (χ1v) is 10.1. The normalized spacial score (nSPS) is 17.6. The van der Waals surface area contributed by atoms with Gasteiger partial charge in [-0.05, 0) is 11.3 Å². The maximum Gasteiger partial charge on any atom is 0.267 e. The van der Waals surface area contributed by atoms with Crippen LogP contribution >= 0.6 is 11.8 Å². The summed E-state index contributed by atoms with van der Waals surface area (Å²) in [5.74, 6) is 3.23. The molecular formula is C18H24N6OS. The number of aromatic nitrogens is 4. The summed E-state index contributed by atoms with van der Waals surface area (Å²) in [4.78, 5) is 25.3. The van der Waals surface area contributed by atoms with Crippen LogP contribution in [0.3, 0.4) is 0 Å². The molecule has 2 aliphatic rings. The van der Waals surface area contributed by atoms with Crippen LogP contribution < -0.4 is 10.5 Å². The van der Waals surface area contributed by atoms with Gasteiger partial charge in [0.25, 0.3) is 5.56 Å². The fourth-order valence-corrected chi connectivity index (χ4v) is 4.42. The van der Waals surface area contributed by atoms with Crippen molar-refractivity contribution in [2.24, 2.45) is 5.92 Å². The minimum Gasteiger partial charge on any atom is -0.347 e. The molecule has 0 saturated carbocycles. The van der Waals surface area contributed by atoms with Crippen molar-refractivity contribution in [2.45, 2.75) is 25.3 Å². The molecule has 1 saturated heterocycles. The third-order valence-corrected chi connectivity index (χ3v) is 5.87. The zero-order valence-electron chi connectivity index (χ0n) is 15.3. The Balaban J connectivity index is 1.32. The monoisotopic (exact) mass is 372 g/mol. The summed E-state index contributed by atoms with van der Waals surface area (Å²) in [6, 6.07) is 1.79. The van der Waals surface area contributed by atoms with Crippen LogP contribution in [0.15, 0.2) is 23.3 Å². The summed E-state index contributed by atoms with van der Waals surface area (Å²) in [5.41, 5.74) is 3.39. The van der Waals surface area contributed by atoms with Gasteiger partial charge in [-0.15, -0.1) is 0 Å². The van der Waals surface area contributed by atoms with E-state index in [-0.39, 0.29) is 5.56 Å². The molecule has 7 nitrogen and oxygen atoms in total. The standard InChI is InChI=1S/C18H24N6OS/c1-22(2)18-19-6-13(7-20-18)8-23-9-14(10-23)11-24-17(25)5-15-12-26-4-3-16(15)21-24/h5-7,14H,3-4,8-12H2,1-2H3. The molecule has 2 aromatic heterocycles. The molecule has 4 heterocycles. The summed E-state index contributed by atoms with van der Waals surface area (Å²) < 4.78 is 1.67. The van der Waals surface area contributed by atoms with Gasteiger partial charge in [-0.1, -0.05) is 0 Å². The molecule has 0 unspecified atom stereocenters. The first-order valence-electron chi connectivity index (χ1n) is 8.97. The second kappa shape index (κ2) is 7.36.